The Hall–Kier alpha value is -4.56. The molecule has 13 heteroatoms. The number of rotatable bonds is 14. The van der Waals surface area contributed by atoms with Crippen molar-refractivity contribution in [1.29, 1.82) is 0 Å². The number of benzene rings is 2. The van der Waals surface area contributed by atoms with Gasteiger partial charge in [0, 0.05) is 18.4 Å². The first kappa shape index (κ1) is 38.2. The SMILES string of the molecule is CC(O)C(NC(=O)C1=CC2OCOC2C(OC(=O)c2cccc(C=CCc3ccccc3O)c2)C1)C(=O)NC(CO)CCC(=O)OC(C)(C)C. The number of aliphatic hydroxyl groups excluding tert-OH is 2. The Balaban J connectivity index is 1.38. The second kappa shape index (κ2) is 17.4. The topological polar surface area (TPSA) is 190 Å². The van der Waals surface area contributed by atoms with Gasteiger partial charge < -0.3 is 44.9 Å². The van der Waals surface area contributed by atoms with Crippen molar-refractivity contribution in [2.75, 3.05) is 13.4 Å². The number of para-hydroxylation sites is 1. The average Bonchev–Trinajstić information content (AvgIpc) is 3.54. The molecule has 1 fully saturated rings. The highest BCUT2D eigenvalue weighted by molar-refractivity contribution is 5.97. The Kier molecular flexibility index (Phi) is 13.3. The van der Waals surface area contributed by atoms with Gasteiger partial charge in [-0.15, -0.1) is 0 Å². The maximum atomic E-state index is 13.4. The van der Waals surface area contributed by atoms with Gasteiger partial charge in [0.05, 0.1) is 24.3 Å². The molecule has 6 atom stereocenters. The van der Waals surface area contributed by atoms with Crippen LogP contribution in [0.15, 0.2) is 66.3 Å². The van der Waals surface area contributed by atoms with E-state index in [4.69, 9.17) is 18.9 Å². The van der Waals surface area contributed by atoms with Crippen molar-refractivity contribution in [3.8, 4) is 5.75 Å². The van der Waals surface area contributed by atoms with E-state index in [1.807, 2.05) is 30.4 Å². The van der Waals surface area contributed by atoms with Gasteiger partial charge in [0.2, 0.25) is 11.8 Å². The van der Waals surface area contributed by atoms with Crippen LogP contribution in [0.5, 0.6) is 5.75 Å². The number of ether oxygens (including phenoxy) is 4. The van der Waals surface area contributed by atoms with Crippen LogP contribution in [-0.2, 0) is 39.8 Å². The molecule has 50 heavy (non-hydrogen) atoms. The Bertz CT molecular complexity index is 1580. The summed E-state index contributed by atoms with van der Waals surface area (Å²) >= 11 is 0. The molecule has 1 saturated heterocycles. The molecule has 0 spiro atoms. The molecule has 4 rings (SSSR count). The molecule has 270 valence electrons. The third-order valence-electron chi connectivity index (χ3n) is 8.05. The lowest BCUT2D eigenvalue weighted by atomic mass is 9.91. The maximum absolute atomic E-state index is 13.4. The molecular formula is C37H46N2O11. The molecule has 2 aromatic rings. The summed E-state index contributed by atoms with van der Waals surface area (Å²) in [5.41, 5.74) is 1.27. The van der Waals surface area contributed by atoms with Gasteiger partial charge in [0.1, 0.15) is 42.5 Å². The van der Waals surface area contributed by atoms with Gasteiger partial charge in [-0.05, 0) is 75.9 Å². The molecule has 0 aromatic heterocycles. The van der Waals surface area contributed by atoms with Gasteiger partial charge >= 0.3 is 11.9 Å². The lowest BCUT2D eigenvalue weighted by Crippen LogP contribution is -2.55. The molecule has 6 unspecified atom stereocenters. The zero-order valence-corrected chi connectivity index (χ0v) is 28.7. The van der Waals surface area contributed by atoms with Crippen LogP contribution in [0.25, 0.3) is 6.08 Å². The third kappa shape index (κ3) is 11.0. The van der Waals surface area contributed by atoms with Gasteiger partial charge in [-0.3, -0.25) is 14.4 Å². The van der Waals surface area contributed by atoms with Crippen LogP contribution in [0.4, 0.5) is 0 Å². The lowest BCUT2D eigenvalue weighted by molar-refractivity contribution is -0.155. The molecule has 1 aliphatic carbocycles. The van der Waals surface area contributed by atoms with Crippen molar-refractivity contribution >= 4 is 29.8 Å². The molecule has 1 aliphatic heterocycles. The minimum atomic E-state index is -1.40. The summed E-state index contributed by atoms with van der Waals surface area (Å²) in [5.74, 6) is -2.38. The van der Waals surface area contributed by atoms with E-state index in [1.165, 1.54) is 6.92 Å². The fraction of sp³-hybridized carbons (Fsp3) is 0.459. The van der Waals surface area contributed by atoms with Crippen molar-refractivity contribution in [3.05, 3.63) is 82.9 Å². The van der Waals surface area contributed by atoms with Crippen LogP contribution >= 0.6 is 0 Å². The fourth-order valence-corrected chi connectivity index (χ4v) is 5.53. The van der Waals surface area contributed by atoms with E-state index in [9.17, 15) is 34.5 Å². The Morgan fingerprint density at radius 3 is 2.52 bits per heavy atom. The van der Waals surface area contributed by atoms with Crippen LogP contribution in [0.1, 0.15) is 68.4 Å². The molecule has 2 aromatic carbocycles. The molecule has 0 bridgehead atoms. The van der Waals surface area contributed by atoms with Crippen LogP contribution in [0, 0.1) is 0 Å². The van der Waals surface area contributed by atoms with Gasteiger partial charge in [-0.1, -0.05) is 42.5 Å². The number of carbonyl (C=O) groups excluding carboxylic acids is 4. The van der Waals surface area contributed by atoms with E-state index in [1.54, 1.807) is 57.2 Å². The summed E-state index contributed by atoms with van der Waals surface area (Å²) < 4.78 is 22.4. The van der Waals surface area contributed by atoms with Gasteiger partial charge in [0.15, 0.2) is 0 Å². The summed E-state index contributed by atoms with van der Waals surface area (Å²) in [6, 6.07) is 11.6. The van der Waals surface area contributed by atoms with Gasteiger partial charge in [-0.25, -0.2) is 4.79 Å². The van der Waals surface area contributed by atoms with Crippen molar-refractivity contribution in [1.82, 2.24) is 10.6 Å². The monoisotopic (exact) mass is 694 g/mol. The summed E-state index contributed by atoms with van der Waals surface area (Å²) in [6.45, 7) is 5.96. The summed E-state index contributed by atoms with van der Waals surface area (Å²) in [6.07, 6.45) is 2.13. The van der Waals surface area contributed by atoms with Crippen LogP contribution < -0.4 is 10.6 Å². The Labute approximate surface area is 291 Å². The molecule has 2 amide bonds. The first-order chi connectivity index (χ1) is 23.7. The first-order valence-corrected chi connectivity index (χ1v) is 16.5. The smallest absolute Gasteiger partial charge is 0.338 e. The number of fused-ring (bicyclic) bond motifs is 1. The normalized spacial score (nSPS) is 20.6. The number of amides is 2. The molecule has 2 aliphatic rings. The summed E-state index contributed by atoms with van der Waals surface area (Å²) in [7, 11) is 0. The van der Waals surface area contributed by atoms with Crippen molar-refractivity contribution < 1.29 is 53.4 Å². The summed E-state index contributed by atoms with van der Waals surface area (Å²) in [4.78, 5) is 51.9. The zero-order valence-electron chi connectivity index (χ0n) is 28.7. The number of esters is 2. The number of phenolic OH excluding ortho intramolecular Hbond substituents is 1. The van der Waals surface area contributed by atoms with Gasteiger partial charge in [0.25, 0.3) is 0 Å². The van der Waals surface area contributed by atoms with Crippen LogP contribution in [-0.4, -0.2) is 94.6 Å². The zero-order chi connectivity index (χ0) is 36.4. The predicted octanol–water partition coefficient (Wildman–Crippen LogP) is 2.71. The van der Waals surface area contributed by atoms with Crippen molar-refractivity contribution in [2.45, 2.75) is 95.5 Å². The second-order valence-electron chi connectivity index (χ2n) is 13.3. The molecule has 5 N–H and O–H groups in total. The number of hydrogen-bond donors (Lipinski definition) is 5. The third-order valence-corrected chi connectivity index (χ3v) is 8.05. The number of phenols is 1. The fourth-order valence-electron chi connectivity index (χ4n) is 5.53. The minimum absolute atomic E-state index is 0.0500. The number of nitrogens with one attached hydrogen (secondary N) is 2. The Morgan fingerprint density at radius 1 is 1.06 bits per heavy atom. The highest BCUT2D eigenvalue weighted by atomic mass is 16.7. The molecular weight excluding hydrogens is 648 g/mol. The molecule has 13 nitrogen and oxygen atoms in total. The number of allylic oxidation sites excluding steroid dienone is 1. The first-order valence-electron chi connectivity index (χ1n) is 16.5. The van der Waals surface area contributed by atoms with Gasteiger partial charge in [-0.2, -0.15) is 0 Å². The predicted molar refractivity (Wildman–Crippen MR) is 182 cm³/mol. The lowest BCUT2D eigenvalue weighted by Gasteiger charge is -2.31. The molecule has 1 heterocycles. The van der Waals surface area contributed by atoms with Crippen molar-refractivity contribution in [3.63, 3.8) is 0 Å². The van der Waals surface area contributed by atoms with E-state index in [0.29, 0.717) is 6.42 Å². The summed E-state index contributed by atoms with van der Waals surface area (Å²) in [5, 5.41) is 35.3. The van der Waals surface area contributed by atoms with E-state index >= 15 is 0 Å². The number of carbonyl (C=O) groups is 4. The molecule has 0 saturated carbocycles. The quantitative estimate of drug-likeness (QED) is 0.183. The van der Waals surface area contributed by atoms with Crippen LogP contribution in [0.3, 0.4) is 0 Å². The minimum Gasteiger partial charge on any atom is -0.508 e. The highest BCUT2D eigenvalue weighted by Crippen LogP contribution is 2.31. The standard InChI is InChI=1S/C37H46N2O11/c1-22(41)32(35(45)38-27(20-40)15-16-31(43)50-37(2,3)4)39-34(44)26-18-29-33(48-21-47-29)30(19-26)49-36(46)25-13-8-10-23(17-25)9-7-12-24-11-5-6-14-28(24)42/h5-11,13-14,17-18,22,27,29-30,32-33,40-42H,12,15-16,19-21H2,1-4H3,(H,38,45)(H,39,44). The second-order valence-corrected chi connectivity index (χ2v) is 13.3. The highest BCUT2D eigenvalue weighted by Gasteiger charge is 2.43. The van der Waals surface area contributed by atoms with E-state index in [-0.39, 0.29) is 42.9 Å². The number of hydrogen-bond acceptors (Lipinski definition) is 11. The van der Waals surface area contributed by atoms with Crippen molar-refractivity contribution in [2.24, 2.45) is 0 Å². The van der Waals surface area contributed by atoms with Crippen LogP contribution in [0.2, 0.25) is 0 Å². The molecule has 0 radical (unpaired) electrons. The van der Waals surface area contributed by atoms with E-state index < -0.39 is 72.5 Å². The number of aliphatic hydroxyl groups is 2. The van der Waals surface area contributed by atoms with E-state index in [0.717, 1.165) is 11.1 Å². The van der Waals surface area contributed by atoms with E-state index in [2.05, 4.69) is 10.6 Å². The number of aromatic hydroxyl groups is 1. The average molecular weight is 695 g/mol. The maximum Gasteiger partial charge on any atom is 0.338 e. The Morgan fingerprint density at radius 2 is 1.82 bits per heavy atom. The largest absolute Gasteiger partial charge is 0.508 e.